The number of nitrogens with one attached hydrogen (secondary N) is 1. The zero-order valence-corrected chi connectivity index (χ0v) is 19.9. The molecule has 1 aliphatic rings. The summed E-state index contributed by atoms with van der Waals surface area (Å²) in [6.07, 6.45) is 5.30. The van der Waals surface area contributed by atoms with E-state index < -0.39 is 0 Å². The Labute approximate surface area is 207 Å². The number of hydrogen-bond acceptors (Lipinski definition) is 7. The second-order valence-corrected chi connectivity index (χ2v) is 8.81. The summed E-state index contributed by atoms with van der Waals surface area (Å²) in [5.41, 5.74) is 7.06. The molecule has 0 radical (unpaired) electrons. The number of ether oxygens (including phenoxy) is 1. The topological polar surface area (TPSA) is 102 Å². The third-order valence-electron chi connectivity index (χ3n) is 6.73. The van der Waals surface area contributed by atoms with Crippen LogP contribution in [0.3, 0.4) is 0 Å². The molecule has 5 aromatic rings. The molecular formula is C27H25N7O2. The van der Waals surface area contributed by atoms with Crippen LogP contribution in [0.4, 0.5) is 5.69 Å². The first-order chi connectivity index (χ1) is 17.7. The molecule has 0 saturated carbocycles. The largest absolute Gasteiger partial charge is 0.465 e. The van der Waals surface area contributed by atoms with Gasteiger partial charge in [0.2, 0.25) is 5.82 Å². The molecule has 1 aliphatic heterocycles. The number of aromatic nitrogens is 6. The van der Waals surface area contributed by atoms with Gasteiger partial charge in [-0.25, -0.2) is 9.78 Å². The number of imidazole rings is 1. The van der Waals surface area contributed by atoms with Crippen molar-refractivity contribution in [1.29, 1.82) is 0 Å². The molecule has 0 atom stereocenters. The van der Waals surface area contributed by atoms with Crippen LogP contribution in [-0.2, 0) is 4.74 Å². The van der Waals surface area contributed by atoms with Gasteiger partial charge in [-0.2, -0.15) is 5.21 Å². The first-order valence-electron chi connectivity index (χ1n) is 12.0. The smallest absolute Gasteiger partial charge is 0.340 e. The van der Waals surface area contributed by atoms with Crippen molar-refractivity contribution in [2.45, 2.75) is 19.3 Å². The fraction of sp³-hybridized carbons (Fsp3) is 0.222. The molecule has 9 nitrogen and oxygen atoms in total. The lowest BCUT2D eigenvalue weighted by molar-refractivity contribution is 0.0602. The molecular weight excluding hydrogens is 454 g/mol. The van der Waals surface area contributed by atoms with Crippen LogP contribution in [0.15, 0.2) is 67.0 Å². The van der Waals surface area contributed by atoms with Gasteiger partial charge in [-0.1, -0.05) is 36.4 Å². The molecule has 0 amide bonds. The summed E-state index contributed by atoms with van der Waals surface area (Å²) in [6, 6.07) is 20.0. The van der Waals surface area contributed by atoms with Gasteiger partial charge >= 0.3 is 5.97 Å². The number of carbonyl (C=O) groups excluding carboxylic acids is 1. The van der Waals surface area contributed by atoms with Gasteiger partial charge in [0.05, 0.1) is 23.7 Å². The number of esters is 1. The highest BCUT2D eigenvalue weighted by molar-refractivity contribution is 6.02. The molecule has 1 saturated heterocycles. The molecule has 0 bridgehead atoms. The summed E-state index contributed by atoms with van der Waals surface area (Å²) >= 11 is 0. The highest BCUT2D eigenvalue weighted by Gasteiger charge is 2.21. The van der Waals surface area contributed by atoms with Crippen LogP contribution in [0.2, 0.25) is 0 Å². The van der Waals surface area contributed by atoms with E-state index in [1.807, 2.05) is 34.9 Å². The average molecular weight is 480 g/mol. The van der Waals surface area contributed by atoms with Crippen LogP contribution < -0.4 is 4.90 Å². The highest BCUT2D eigenvalue weighted by Crippen LogP contribution is 2.39. The van der Waals surface area contributed by atoms with Crippen LogP contribution in [0.1, 0.15) is 29.6 Å². The number of para-hydroxylation sites is 1. The number of tetrazole rings is 1. The van der Waals surface area contributed by atoms with E-state index in [2.05, 4.69) is 54.8 Å². The third kappa shape index (κ3) is 3.78. The number of benzene rings is 3. The van der Waals surface area contributed by atoms with Crippen molar-refractivity contribution in [3.8, 4) is 28.2 Å². The number of nitrogens with zero attached hydrogens (tertiary/aromatic N) is 6. The second kappa shape index (κ2) is 9.26. The van der Waals surface area contributed by atoms with E-state index in [0.29, 0.717) is 11.4 Å². The van der Waals surface area contributed by atoms with Crippen LogP contribution >= 0.6 is 0 Å². The van der Waals surface area contributed by atoms with Gasteiger partial charge in [0, 0.05) is 35.6 Å². The van der Waals surface area contributed by atoms with Crippen molar-refractivity contribution in [2.75, 3.05) is 25.1 Å². The standard InChI is InChI=1S/C27H25N7O2/c1-36-27(35)22-10-7-11-23-25(22)34(17-28-23)18-12-13-20(24(16-18)33-14-5-2-6-15-33)19-8-3-4-9-21(19)26-29-31-32-30-26/h3-4,7-13,16-17H,2,5-6,14-15H2,1H3,(H,29,30,31,32). The van der Waals surface area contributed by atoms with E-state index in [1.165, 1.54) is 13.5 Å². The van der Waals surface area contributed by atoms with Crippen molar-refractivity contribution in [3.05, 3.63) is 72.6 Å². The maximum absolute atomic E-state index is 12.5. The third-order valence-corrected chi connectivity index (χ3v) is 6.73. The summed E-state index contributed by atoms with van der Waals surface area (Å²) in [4.78, 5) is 19.5. The molecule has 9 heteroatoms. The van der Waals surface area contributed by atoms with Gasteiger partial charge in [-0.05, 0) is 54.3 Å². The highest BCUT2D eigenvalue weighted by atomic mass is 16.5. The number of methoxy groups -OCH3 is 1. The van der Waals surface area contributed by atoms with Gasteiger partial charge < -0.3 is 9.64 Å². The zero-order valence-electron chi connectivity index (χ0n) is 19.9. The minimum Gasteiger partial charge on any atom is -0.465 e. The maximum Gasteiger partial charge on any atom is 0.340 e. The number of rotatable bonds is 5. The predicted octanol–water partition coefficient (Wildman–Crippen LogP) is 4.65. The fourth-order valence-corrected chi connectivity index (χ4v) is 5.02. The molecule has 0 unspecified atom stereocenters. The molecule has 36 heavy (non-hydrogen) atoms. The summed E-state index contributed by atoms with van der Waals surface area (Å²) in [5.74, 6) is 0.173. The fourth-order valence-electron chi connectivity index (χ4n) is 5.02. The van der Waals surface area contributed by atoms with Crippen LogP contribution in [0.25, 0.3) is 39.2 Å². The Morgan fingerprint density at radius 2 is 1.78 bits per heavy atom. The Morgan fingerprint density at radius 1 is 0.944 bits per heavy atom. The Hall–Kier alpha value is -4.53. The molecule has 6 rings (SSSR count). The Balaban J connectivity index is 1.55. The monoisotopic (exact) mass is 479 g/mol. The van der Waals surface area contributed by atoms with Gasteiger partial charge in [0.25, 0.3) is 0 Å². The van der Waals surface area contributed by atoms with Gasteiger partial charge in [-0.3, -0.25) is 4.57 Å². The van der Waals surface area contributed by atoms with Crippen molar-refractivity contribution in [2.24, 2.45) is 0 Å². The normalized spacial score (nSPS) is 13.8. The molecule has 1 N–H and O–H groups in total. The van der Waals surface area contributed by atoms with Crippen molar-refractivity contribution >= 4 is 22.7 Å². The number of carbonyl (C=O) groups is 1. The maximum atomic E-state index is 12.5. The quantitative estimate of drug-likeness (QED) is 0.366. The van der Waals surface area contributed by atoms with Gasteiger partial charge in [0.15, 0.2) is 0 Å². The van der Waals surface area contributed by atoms with Crippen molar-refractivity contribution in [1.82, 2.24) is 30.2 Å². The molecule has 1 fully saturated rings. The van der Waals surface area contributed by atoms with E-state index in [0.717, 1.165) is 65.0 Å². The molecule has 2 aromatic heterocycles. The number of hydrogen-bond donors (Lipinski definition) is 1. The Bertz CT molecular complexity index is 1540. The molecule has 3 aromatic carbocycles. The molecule has 3 heterocycles. The van der Waals surface area contributed by atoms with Crippen LogP contribution in [0, 0.1) is 0 Å². The SMILES string of the molecule is COC(=O)c1cccc2ncn(-c3ccc(-c4ccccc4-c4nn[nH]n4)c(N4CCCCC4)c3)c12. The lowest BCUT2D eigenvalue weighted by Crippen LogP contribution is -2.30. The second-order valence-electron chi connectivity index (χ2n) is 8.81. The van der Waals surface area contributed by atoms with E-state index >= 15 is 0 Å². The first-order valence-corrected chi connectivity index (χ1v) is 12.0. The summed E-state index contributed by atoms with van der Waals surface area (Å²) < 4.78 is 7.00. The lowest BCUT2D eigenvalue weighted by Gasteiger charge is -2.31. The Kier molecular flexibility index (Phi) is 5.65. The first kappa shape index (κ1) is 22.0. The number of piperidine rings is 1. The minimum atomic E-state index is -0.385. The average Bonchev–Trinajstić information content (AvgIpc) is 3.63. The van der Waals surface area contributed by atoms with Crippen molar-refractivity contribution in [3.63, 3.8) is 0 Å². The van der Waals surface area contributed by atoms with E-state index in [9.17, 15) is 4.79 Å². The number of aromatic amines is 1. The minimum absolute atomic E-state index is 0.385. The van der Waals surface area contributed by atoms with Crippen molar-refractivity contribution < 1.29 is 9.53 Å². The molecule has 180 valence electrons. The van der Waals surface area contributed by atoms with Gasteiger partial charge in [0.1, 0.15) is 6.33 Å². The lowest BCUT2D eigenvalue weighted by atomic mass is 9.96. The van der Waals surface area contributed by atoms with Crippen LogP contribution in [-0.4, -0.2) is 56.3 Å². The van der Waals surface area contributed by atoms with E-state index in [4.69, 9.17) is 4.74 Å². The molecule has 0 spiro atoms. The number of anilines is 1. The number of fused-ring (bicyclic) bond motifs is 1. The summed E-state index contributed by atoms with van der Waals surface area (Å²) in [7, 11) is 1.40. The van der Waals surface area contributed by atoms with Gasteiger partial charge in [-0.15, -0.1) is 10.2 Å². The molecule has 0 aliphatic carbocycles. The summed E-state index contributed by atoms with van der Waals surface area (Å²) in [6.45, 7) is 1.97. The zero-order chi connectivity index (χ0) is 24.5. The predicted molar refractivity (Wildman–Crippen MR) is 137 cm³/mol. The van der Waals surface area contributed by atoms with E-state index in [-0.39, 0.29) is 5.97 Å². The van der Waals surface area contributed by atoms with E-state index in [1.54, 1.807) is 12.4 Å². The van der Waals surface area contributed by atoms with Crippen LogP contribution in [0.5, 0.6) is 0 Å². The number of H-pyrrole nitrogens is 1. The Morgan fingerprint density at radius 3 is 2.56 bits per heavy atom. The summed E-state index contributed by atoms with van der Waals surface area (Å²) in [5, 5.41) is 14.8.